The third-order valence-corrected chi connectivity index (χ3v) is 3.29. The highest BCUT2D eigenvalue weighted by Crippen LogP contribution is 2.10. The van der Waals surface area contributed by atoms with E-state index in [-0.39, 0.29) is 18.0 Å². The van der Waals surface area contributed by atoms with Crippen LogP contribution in [0.1, 0.15) is 12.0 Å². The van der Waals surface area contributed by atoms with Gasteiger partial charge in [-0.2, -0.15) is 0 Å². The van der Waals surface area contributed by atoms with Crippen LogP contribution in [0, 0.1) is 0 Å². The zero-order chi connectivity index (χ0) is 15.4. The minimum absolute atomic E-state index is 0.136. The molecule has 0 saturated carbocycles. The molecular formula is C14H16N4O2S. The molecule has 0 saturated heterocycles. The number of carbonyl (C=O) groups excluding carboxylic acids is 1. The lowest BCUT2D eigenvalue weighted by atomic mass is 10.2. The molecule has 0 atom stereocenters. The molecule has 1 aromatic heterocycles. The first-order valence-corrected chi connectivity index (χ1v) is 6.79. The summed E-state index contributed by atoms with van der Waals surface area (Å²) < 4.78 is 2.96. The Kier molecular flexibility index (Phi) is 4.54. The molecule has 0 radical (unpaired) electrons. The van der Waals surface area contributed by atoms with Crippen molar-refractivity contribution in [3.8, 4) is 0 Å². The van der Waals surface area contributed by atoms with Crippen LogP contribution < -0.4 is 16.7 Å². The van der Waals surface area contributed by atoms with Crippen LogP contribution in [0.15, 0.2) is 41.5 Å². The Morgan fingerprint density at radius 2 is 1.95 bits per heavy atom. The molecule has 0 aliphatic carbocycles. The Morgan fingerprint density at radius 3 is 2.48 bits per heavy atom. The average Bonchev–Trinajstić information content (AvgIpc) is 2.77. The summed E-state index contributed by atoms with van der Waals surface area (Å²) in [5.41, 5.74) is 6.78. The van der Waals surface area contributed by atoms with Crippen LogP contribution in [-0.2, 0) is 18.4 Å². The van der Waals surface area contributed by atoms with Crippen molar-refractivity contribution in [3.63, 3.8) is 0 Å². The molecule has 0 unspecified atom stereocenters. The summed E-state index contributed by atoms with van der Waals surface area (Å²) in [5.74, 6) is -0.158. The molecule has 1 heterocycles. The van der Waals surface area contributed by atoms with E-state index >= 15 is 0 Å². The number of rotatable bonds is 5. The number of imidazole rings is 1. The van der Waals surface area contributed by atoms with Crippen molar-refractivity contribution in [1.82, 2.24) is 9.13 Å². The Bertz CT molecular complexity index is 715. The lowest BCUT2D eigenvalue weighted by molar-refractivity contribution is -0.116. The fourth-order valence-corrected chi connectivity index (χ4v) is 1.98. The number of benzene rings is 1. The number of nitrogens with two attached hydrogens (primary N) is 1. The molecule has 7 heteroatoms. The average molecular weight is 304 g/mol. The van der Waals surface area contributed by atoms with Crippen molar-refractivity contribution in [3.05, 3.63) is 52.7 Å². The van der Waals surface area contributed by atoms with Crippen LogP contribution in [0.2, 0.25) is 0 Å². The van der Waals surface area contributed by atoms with E-state index in [1.807, 2.05) is 0 Å². The molecule has 3 N–H and O–H groups in total. The summed E-state index contributed by atoms with van der Waals surface area (Å²) in [5, 5.41) is 2.76. The second kappa shape index (κ2) is 6.36. The maximum atomic E-state index is 11.8. The van der Waals surface area contributed by atoms with Gasteiger partial charge in [-0.15, -0.1) is 0 Å². The van der Waals surface area contributed by atoms with Gasteiger partial charge in [-0.25, -0.2) is 4.79 Å². The number of hydrogen-bond donors (Lipinski definition) is 2. The van der Waals surface area contributed by atoms with E-state index < -0.39 is 0 Å². The molecule has 0 bridgehead atoms. The minimum Gasteiger partial charge on any atom is -0.389 e. The molecule has 1 amide bonds. The van der Waals surface area contributed by atoms with Gasteiger partial charge in [0.05, 0.1) is 0 Å². The van der Waals surface area contributed by atoms with Crippen molar-refractivity contribution in [1.29, 1.82) is 0 Å². The third-order valence-electron chi connectivity index (χ3n) is 3.05. The van der Waals surface area contributed by atoms with Gasteiger partial charge in [0.15, 0.2) is 0 Å². The Hall–Kier alpha value is -2.41. The number of amides is 1. The van der Waals surface area contributed by atoms with Gasteiger partial charge in [0.1, 0.15) is 4.99 Å². The van der Waals surface area contributed by atoms with Crippen LogP contribution in [0.5, 0.6) is 0 Å². The van der Waals surface area contributed by atoms with Gasteiger partial charge >= 0.3 is 5.69 Å². The van der Waals surface area contributed by atoms with Gasteiger partial charge in [0.2, 0.25) is 5.91 Å². The van der Waals surface area contributed by atoms with Gasteiger partial charge in [0, 0.05) is 43.7 Å². The first-order chi connectivity index (χ1) is 9.97. The SMILES string of the molecule is Cn1ccn(CCC(=O)Nc2ccc(C(N)=S)cc2)c1=O. The summed E-state index contributed by atoms with van der Waals surface area (Å²) in [6.07, 6.45) is 3.54. The normalized spacial score (nSPS) is 10.3. The molecule has 0 fully saturated rings. The van der Waals surface area contributed by atoms with Crippen LogP contribution >= 0.6 is 12.2 Å². The van der Waals surface area contributed by atoms with Crippen molar-refractivity contribution in [2.45, 2.75) is 13.0 Å². The number of aromatic nitrogens is 2. The molecule has 2 aromatic rings. The quantitative estimate of drug-likeness (QED) is 0.802. The number of nitrogens with zero attached hydrogens (tertiary/aromatic N) is 2. The topological polar surface area (TPSA) is 82.1 Å². The van der Waals surface area contributed by atoms with Crippen molar-refractivity contribution >= 4 is 28.8 Å². The molecule has 0 aliphatic rings. The van der Waals surface area contributed by atoms with Gasteiger partial charge < -0.3 is 15.6 Å². The molecule has 6 nitrogen and oxygen atoms in total. The summed E-state index contributed by atoms with van der Waals surface area (Å²) in [6, 6.07) is 6.97. The monoisotopic (exact) mass is 304 g/mol. The molecule has 0 aliphatic heterocycles. The summed E-state index contributed by atoms with van der Waals surface area (Å²) in [6.45, 7) is 0.344. The predicted octanol–water partition coefficient (Wildman–Crippen LogP) is 0.850. The number of carbonyl (C=O) groups is 1. The number of hydrogen-bond acceptors (Lipinski definition) is 3. The van der Waals surface area contributed by atoms with E-state index in [1.165, 1.54) is 9.13 Å². The number of anilines is 1. The molecule has 2 rings (SSSR count). The lowest BCUT2D eigenvalue weighted by Gasteiger charge is -2.06. The van der Waals surface area contributed by atoms with E-state index in [0.29, 0.717) is 17.2 Å². The minimum atomic E-state index is -0.158. The summed E-state index contributed by atoms with van der Waals surface area (Å²) in [7, 11) is 1.67. The summed E-state index contributed by atoms with van der Waals surface area (Å²) in [4.78, 5) is 23.8. The van der Waals surface area contributed by atoms with E-state index in [1.54, 1.807) is 43.7 Å². The van der Waals surface area contributed by atoms with Gasteiger partial charge in [-0.1, -0.05) is 12.2 Å². The first-order valence-electron chi connectivity index (χ1n) is 6.39. The van der Waals surface area contributed by atoms with E-state index in [2.05, 4.69) is 5.32 Å². The Morgan fingerprint density at radius 1 is 1.29 bits per heavy atom. The molecular weight excluding hydrogens is 288 g/mol. The van der Waals surface area contributed by atoms with Gasteiger partial charge in [0.25, 0.3) is 0 Å². The Labute approximate surface area is 127 Å². The zero-order valence-corrected chi connectivity index (χ0v) is 12.4. The maximum Gasteiger partial charge on any atom is 0.327 e. The third kappa shape index (κ3) is 3.79. The van der Waals surface area contributed by atoms with Crippen molar-refractivity contribution in [2.75, 3.05) is 5.32 Å². The first kappa shape index (κ1) is 15.0. The predicted molar refractivity (Wildman–Crippen MR) is 85.2 cm³/mol. The van der Waals surface area contributed by atoms with Crippen LogP contribution in [-0.4, -0.2) is 20.0 Å². The molecule has 110 valence electrons. The zero-order valence-electron chi connectivity index (χ0n) is 11.6. The second-order valence-electron chi connectivity index (χ2n) is 4.62. The number of nitrogens with one attached hydrogen (secondary N) is 1. The molecule has 0 spiro atoms. The fraction of sp³-hybridized carbons (Fsp3) is 0.214. The van der Waals surface area contributed by atoms with Gasteiger partial charge in [-0.3, -0.25) is 9.36 Å². The Balaban J connectivity index is 1.91. The van der Waals surface area contributed by atoms with E-state index in [9.17, 15) is 9.59 Å². The van der Waals surface area contributed by atoms with Crippen LogP contribution in [0.25, 0.3) is 0 Å². The van der Waals surface area contributed by atoms with E-state index in [0.717, 1.165) is 5.56 Å². The second-order valence-corrected chi connectivity index (χ2v) is 5.06. The summed E-state index contributed by atoms with van der Waals surface area (Å²) >= 11 is 4.86. The van der Waals surface area contributed by atoms with Gasteiger partial charge in [-0.05, 0) is 24.3 Å². The molecule has 21 heavy (non-hydrogen) atoms. The molecule has 1 aromatic carbocycles. The smallest absolute Gasteiger partial charge is 0.327 e. The number of thiocarbonyl (C=S) groups is 1. The number of aryl methyl sites for hydroxylation is 2. The highest BCUT2D eigenvalue weighted by Gasteiger charge is 2.05. The highest BCUT2D eigenvalue weighted by atomic mass is 32.1. The standard InChI is InChI=1S/C14H16N4O2S/c1-17-8-9-18(14(17)20)7-6-12(19)16-11-4-2-10(3-5-11)13(15)21/h2-5,8-9H,6-7H2,1H3,(H2,15,21)(H,16,19). The highest BCUT2D eigenvalue weighted by molar-refractivity contribution is 7.80. The van der Waals surface area contributed by atoms with Crippen molar-refractivity contribution < 1.29 is 4.79 Å². The largest absolute Gasteiger partial charge is 0.389 e. The maximum absolute atomic E-state index is 11.8. The lowest BCUT2D eigenvalue weighted by Crippen LogP contribution is -2.24. The van der Waals surface area contributed by atoms with E-state index in [4.69, 9.17) is 18.0 Å². The van der Waals surface area contributed by atoms with Crippen LogP contribution in [0.3, 0.4) is 0 Å². The fourth-order valence-electron chi connectivity index (χ4n) is 1.84. The van der Waals surface area contributed by atoms with Crippen LogP contribution in [0.4, 0.5) is 5.69 Å². The van der Waals surface area contributed by atoms with Crippen molar-refractivity contribution in [2.24, 2.45) is 12.8 Å².